The molecule has 0 aliphatic carbocycles. The van der Waals surface area contributed by atoms with E-state index in [1.54, 1.807) is 18.6 Å². The van der Waals surface area contributed by atoms with Gasteiger partial charge in [0.2, 0.25) is 0 Å². The van der Waals surface area contributed by atoms with E-state index in [-0.39, 0.29) is 5.91 Å². The Bertz CT molecular complexity index is 1730. The number of aryl methyl sites for hydroxylation is 2. The first-order valence-corrected chi connectivity index (χ1v) is 15.2. The lowest BCUT2D eigenvalue weighted by Gasteiger charge is -2.32. The Hall–Kier alpha value is -4.38. The van der Waals surface area contributed by atoms with Gasteiger partial charge < -0.3 is 10.2 Å². The molecule has 5 aromatic rings. The third kappa shape index (κ3) is 7.16. The van der Waals surface area contributed by atoms with E-state index in [2.05, 4.69) is 61.4 Å². The zero-order chi connectivity index (χ0) is 29.8. The SMILES string of the molecule is Cc1nnc(-c2cncc(-c3ccnc(Cc4cc(NC(=O)c5ccc(CN6CCN(C)CC6)cc5)ccc4C)n3)c2)s1. The molecule has 2 aromatic carbocycles. The van der Waals surface area contributed by atoms with Gasteiger partial charge in [0.1, 0.15) is 15.8 Å². The van der Waals surface area contributed by atoms with Crippen molar-refractivity contribution in [1.29, 1.82) is 0 Å². The number of aromatic nitrogens is 5. The molecule has 0 spiro atoms. The Kier molecular flexibility index (Phi) is 8.59. The van der Waals surface area contributed by atoms with Crippen molar-refractivity contribution in [2.24, 2.45) is 0 Å². The molecule has 0 radical (unpaired) electrons. The van der Waals surface area contributed by atoms with Crippen molar-refractivity contribution in [2.45, 2.75) is 26.8 Å². The average Bonchev–Trinajstić information content (AvgIpc) is 3.47. The van der Waals surface area contributed by atoms with Crippen molar-refractivity contribution < 1.29 is 4.79 Å². The highest BCUT2D eigenvalue weighted by Gasteiger charge is 2.15. The zero-order valence-electron chi connectivity index (χ0n) is 24.6. The predicted molar refractivity (Wildman–Crippen MR) is 170 cm³/mol. The van der Waals surface area contributed by atoms with Crippen LogP contribution in [0.3, 0.4) is 0 Å². The lowest BCUT2D eigenvalue weighted by atomic mass is 10.0. The summed E-state index contributed by atoms with van der Waals surface area (Å²) in [5.74, 6) is 0.564. The summed E-state index contributed by atoms with van der Waals surface area (Å²) in [5.41, 5.74) is 7.35. The molecule has 1 amide bonds. The molecule has 1 aliphatic rings. The van der Waals surface area contributed by atoms with Crippen LogP contribution in [0.15, 0.2) is 73.2 Å². The number of nitrogens with zero attached hydrogens (tertiary/aromatic N) is 7. The number of amides is 1. The molecule has 218 valence electrons. The quantitative estimate of drug-likeness (QED) is 0.261. The van der Waals surface area contributed by atoms with Crippen LogP contribution in [0.4, 0.5) is 5.69 Å². The van der Waals surface area contributed by atoms with Crippen LogP contribution in [-0.4, -0.2) is 74.1 Å². The van der Waals surface area contributed by atoms with E-state index in [1.807, 2.05) is 49.4 Å². The Morgan fingerprint density at radius 3 is 2.49 bits per heavy atom. The molecule has 6 rings (SSSR count). The van der Waals surface area contributed by atoms with Crippen LogP contribution in [0, 0.1) is 13.8 Å². The van der Waals surface area contributed by atoms with Crippen molar-refractivity contribution in [3.8, 4) is 21.8 Å². The van der Waals surface area contributed by atoms with Gasteiger partial charge in [-0.15, -0.1) is 10.2 Å². The molecule has 0 atom stereocenters. The molecular weight excluding hydrogens is 556 g/mol. The van der Waals surface area contributed by atoms with Gasteiger partial charge >= 0.3 is 0 Å². The van der Waals surface area contributed by atoms with E-state index < -0.39 is 0 Å². The zero-order valence-corrected chi connectivity index (χ0v) is 25.4. The molecule has 1 aliphatic heterocycles. The molecule has 4 heterocycles. The van der Waals surface area contributed by atoms with Crippen molar-refractivity contribution in [3.05, 3.63) is 106 Å². The van der Waals surface area contributed by atoms with Crippen LogP contribution < -0.4 is 5.32 Å². The van der Waals surface area contributed by atoms with E-state index >= 15 is 0 Å². The molecule has 9 nitrogen and oxygen atoms in total. The summed E-state index contributed by atoms with van der Waals surface area (Å²) in [6.45, 7) is 9.22. The molecule has 0 unspecified atom stereocenters. The number of hydrogen-bond acceptors (Lipinski definition) is 9. The van der Waals surface area contributed by atoms with E-state index in [1.165, 1.54) is 16.9 Å². The number of anilines is 1. The van der Waals surface area contributed by atoms with E-state index in [0.29, 0.717) is 17.8 Å². The van der Waals surface area contributed by atoms with Crippen molar-refractivity contribution in [2.75, 3.05) is 38.5 Å². The lowest BCUT2D eigenvalue weighted by molar-refractivity contribution is 0.102. The number of rotatable bonds is 8. The van der Waals surface area contributed by atoms with Gasteiger partial charge in [-0.2, -0.15) is 0 Å². The standard InChI is InChI=1S/C33H34N8OS/c1-22-4-9-29(36-32(42)25-7-5-24(6-8-25)21-41-14-12-40(3)13-15-41)17-26(22)18-31-35-11-10-30(37-31)27-16-28(20-34-19-27)33-39-38-23(2)43-33/h4-11,16-17,19-20H,12-15,18,21H2,1-3H3,(H,36,42). The first kappa shape index (κ1) is 28.7. The summed E-state index contributed by atoms with van der Waals surface area (Å²) in [6, 6.07) is 17.8. The number of nitrogens with one attached hydrogen (secondary N) is 1. The summed E-state index contributed by atoms with van der Waals surface area (Å²) in [5, 5.41) is 13.2. The number of piperazine rings is 1. The molecular formula is C33H34N8OS. The average molecular weight is 591 g/mol. The topological polar surface area (TPSA) is 100 Å². The number of benzene rings is 2. The highest BCUT2D eigenvalue weighted by molar-refractivity contribution is 7.14. The fraction of sp³-hybridized carbons (Fsp3) is 0.273. The van der Waals surface area contributed by atoms with Crippen molar-refractivity contribution >= 4 is 22.9 Å². The minimum atomic E-state index is -0.128. The van der Waals surface area contributed by atoms with Crippen LogP contribution in [-0.2, 0) is 13.0 Å². The Morgan fingerprint density at radius 1 is 0.930 bits per heavy atom. The first-order valence-electron chi connectivity index (χ1n) is 14.4. The molecule has 0 bridgehead atoms. The molecule has 1 fully saturated rings. The Balaban J connectivity index is 1.12. The van der Waals surface area contributed by atoms with Gasteiger partial charge in [-0.25, -0.2) is 9.97 Å². The van der Waals surface area contributed by atoms with Gasteiger partial charge in [-0.3, -0.25) is 14.7 Å². The largest absolute Gasteiger partial charge is 0.322 e. The second-order valence-corrected chi connectivity index (χ2v) is 12.2. The predicted octanol–water partition coefficient (Wildman–Crippen LogP) is 5.26. The maximum absolute atomic E-state index is 13.1. The second-order valence-electron chi connectivity index (χ2n) is 11.0. The summed E-state index contributed by atoms with van der Waals surface area (Å²) >= 11 is 1.53. The van der Waals surface area contributed by atoms with E-state index in [4.69, 9.17) is 4.98 Å². The van der Waals surface area contributed by atoms with Gasteiger partial charge in [-0.1, -0.05) is 29.5 Å². The Labute approximate surface area is 255 Å². The van der Waals surface area contributed by atoms with Crippen molar-refractivity contribution in [1.82, 2.24) is 34.9 Å². The van der Waals surface area contributed by atoms with Gasteiger partial charge in [0.15, 0.2) is 0 Å². The van der Waals surface area contributed by atoms with Crippen LogP contribution in [0.1, 0.15) is 37.9 Å². The molecule has 1 saturated heterocycles. The Morgan fingerprint density at radius 2 is 1.72 bits per heavy atom. The number of likely N-dealkylation sites (N-methyl/N-ethyl adjacent to an activating group) is 1. The van der Waals surface area contributed by atoms with Crippen LogP contribution in [0.25, 0.3) is 21.8 Å². The first-order chi connectivity index (χ1) is 20.9. The highest BCUT2D eigenvalue weighted by atomic mass is 32.1. The minimum Gasteiger partial charge on any atom is -0.322 e. The maximum Gasteiger partial charge on any atom is 0.255 e. The summed E-state index contributed by atoms with van der Waals surface area (Å²) < 4.78 is 0. The molecule has 0 saturated carbocycles. The third-order valence-electron chi connectivity index (χ3n) is 7.69. The fourth-order valence-electron chi connectivity index (χ4n) is 5.09. The third-order valence-corrected chi connectivity index (χ3v) is 8.57. The van der Waals surface area contributed by atoms with E-state index in [9.17, 15) is 4.79 Å². The molecule has 10 heteroatoms. The summed E-state index contributed by atoms with van der Waals surface area (Å²) in [6.07, 6.45) is 5.89. The minimum absolute atomic E-state index is 0.128. The van der Waals surface area contributed by atoms with Gasteiger partial charge in [0.05, 0.1) is 5.69 Å². The number of hydrogen-bond donors (Lipinski definition) is 1. The van der Waals surface area contributed by atoms with Crippen LogP contribution in [0.5, 0.6) is 0 Å². The summed E-state index contributed by atoms with van der Waals surface area (Å²) in [7, 11) is 2.16. The van der Waals surface area contributed by atoms with Crippen molar-refractivity contribution in [3.63, 3.8) is 0 Å². The maximum atomic E-state index is 13.1. The molecule has 3 aromatic heterocycles. The molecule has 43 heavy (non-hydrogen) atoms. The fourth-order valence-corrected chi connectivity index (χ4v) is 5.77. The van der Waals surface area contributed by atoms with E-state index in [0.717, 1.165) is 76.4 Å². The highest BCUT2D eigenvalue weighted by Crippen LogP contribution is 2.27. The molecule has 1 N–H and O–H groups in total. The lowest BCUT2D eigenvalue weighted by Crippen LogP contribution is -2.43. The van der Waals surface area contributed by atoms with Crippen LogP contribution >= 0.6 is 11.3 Å². The number of carbonyl (C=O) groups excluding carboxylic acids is 1. The number of carbonyl (C=O) groups is 1. The van der Waals surface area contributed by atoms with Gasteiger partial charge in [-0.05, 0) is 74.0 Å². The normalized spacial score (nSPS) is 14.1. The monoisotopic (exact) mass is 590 g/mol. The summed E-state index contributed by atoms with van der Waals surface area (Å²) in [4.78, 5) is 31.7. The smallest absolute Gasteiger partial charge is 0.255 e. The number of pyridine rings is 1. The second kappa shape index (κ2) is 12.9. The van der Waals surface area contributed by atoms with Gasteiger partial charge in [0.25, 0.3) is 5.91 Å². The van der Waals surface area contributed by atoms with Crippen LogP contribution in [0.2, 0.25) is 0 Å². The van der Waals surface area contributed by atoms with Gasteiger partial charge in [0, 0.05) is 80.1 Å².